The molecular weight excluding hydrogens is 442 g/mol. The van der Waals surface area contributed by atoms with Gasteiger partial charge in [0.15, 0.2) is 0 Å². The topological polar surface area (TPSA) is 109 Å². The van der Waals surface area contributed by atoms with Gasteiger partial charge in [0.2, 0.25) is 5.82 Å². The van der Waals surface area contributed by atoms with Crippen LogP contribution in [0.15, 0.2) is 77.9 Å². The second kappa shape index (κ2) is 11.1. The van der Waals surface area contributed by atoms with Crippen LogP contribution in [-0.2, 0) is 6.54 Å². The van der Waals surface area contributed by atoms with Crippen LogP contribution in [0.2, 0.25) is 0 Å². The average molecular weight is 470 g/mol. The average Bonchev–Trinajstić information content (AvgIpc) is 3.35. The SMILES string of the molecule is CCN(CC)c1ccc(/C=N/NC(=O)c2ccc(Cn3nnc(-c4ccccc4)n3)cc2)c(O)c1. The molecule has 0 saturated heterocycles. The van der Waals surface area contributed by atoms with E-state index < -0.39 is 0 Å². The van der Waals surface area contributed by atoms with E-state index in [1.165, 1.54) is 11.0 Å². The van der Waals surface area contributed by atoms with Crippen LogP contribution >= 0.6 is 0 Å². The van der Waals surface area contributed by atoms with Crippen LogP contribution in [0.25, 0.3) is 11.4 Å². The van der Waals surface area contributed by atoms with Crippen molar-refractivity contribution in [3.63, 3.8) is 0 Å². The number of carbonyl (C=O) groups excluding carboxylic acids is 1. The number of nitrogens with one attached hydrogen (secondary N) is 1. The molecule has 0 unspecified atom stereocenters. The summed E-state index contributed by atoms with van der Waals surface area (Å²) in [6.45, 7) is 6.25. The van der Waals surface area contributed by atoms with E-state index in [-0.39, 0.29) is 11.7 Å². The van der Waals surface area contributed by atoms with E-state index in [1.54, 1.807) is 24.3 Å². The highest BCUT2D eigenvalue weighted by molar-refractivity contribution is 5.95. The summed E-state index contributed by atoms with van der Waals surface area (Å²) in [5, 5.41) is 26.9. The predicted molar refractivity (Wildman–Crippen MR) is 136 cm³/mol. The van der Waals surface area contributed by atoms with E-state index in [4.69, 9.17) is 0 Å². The first-order valence-electron chi connectivity index (χ1n) is 11.4. The van der Waals surface area contributed by atoms with Gasteiger partial charge in [-0.05, 0) is 48.9 Å². The number of aromatic hydroxyl groups is 1. The number of hydrogen-bond donors (Lipinski definition) is 2. The zero-order valence-electron chi connectivity index (χ0n) is 19.7. The van der Waals surface area contributed by atoms with E-state index in [9.17, 15) is 9.90 Å². The Balaban J connectivity index is 1.34. The fourth-order valence-electron chi connectivity index (χ4n) is 3.59. The van der Waals surface area contributed by atoms with E-state index >= 15 is 0 Å². The van der Waals surface area contributed by atoms with Gasteiger partial charge >= 0.3 is 0 Å². The number of tetrazole rings is 1. The number of carbonyl (C=O) groups is 1. The third kappa shape index (κ3) is 5.89. The van der Waals surface area contributed by atoms with Gasteiger partial charge in [-0.1, -0.05) is 42.5 Å². The van der Waals surface area contributed by atoms with Gasteiger partial charge in [-0.3, -0.25) is 4.79 Å². The van der Waals surface area contributed by atoms with Gasteiger partial charge < -0.3 is 10.0 Å². The lowest BCUT2D eigenvalue weighted by atomic mass is 10.1. The van der Waals surface area contributed by atoms with Gasteiger partial charge in [0.1, 0.15) is 5.75 Å². The maximum absolute atomic E-state index is 12.4. The summed E-state index contributed by atoms with van der Waals surface area (Å²) in [5.74, 6) is 0.319. The molecule has 0 fully saturated rings. The van der Waals surface area contributed by atoms with Crippen LogP contribution in [0.4, 0.5) is 5.69 Å². The minimum absolute atomic E-state index is 0.105. The van der Waals surface area contributed by atoms with E-state index in [2.05, 4.69) is 44.7 Å². The Morgan fingerprint density at radius 1 is 1.06 bits per heavy atom. The predicted octanol–water partition coefficient (Wildman–Crippen LogP) is 3.70. The molecule has 0 bridgehead atoms. The normalized spacial score (nSPS) is 11.0. The van der Waals surface area contributed by atoms with Crippen LogP contribution < -0.4 is 10.3 Å². The molecular formula is C26H27N7O2. The summed E-state index contributed by atoms with van der Waals surface area (Å²) < 4.78 is 0. The van der Waals surface area contributed by atoms with Gasteiger partial charge in [-0.2, -0.15) is 9.90 Å². The summed E-state index contributed by atoms with van der Waals surface area (Å²) in [5.41, 5.74) is 6.25. The van der Waals surface area contributed by atoms with Gasteiger partial charge in [0.25, 0.3) is 5.91 Å². The maximum atomic E-state index is 12.4. The Bertz CT molecular complexity index is 1300. The number of hydrogen-bond acceptors (Lipinski definition) is 7. The number of benzene rings is 3. The smallest absolute Gasteiger partial charge is 0.271 e. The van der Waals surface area contributed by atoms with Crippen molar-refractivity contribution in [3.05, 3.63) is 89.5 Å². The third-order valence-electron chi connectivity index (χ3n) is 5.54. The highest BCUT2D eigenvalue weighted by atomic mass is 16.3. The Labute approximate surface area is 203 Å². The van der Waals surface area contributed by atoms with Crippen LogP contribution in [0.5, 0.6) is 5.75 Å². The minimum atomic E-state index is -0.350. The van der Waals surface area contributed by atoms with E-state index in [1.807, 2.05) is 48.5 Å². The van der Waals surface area contributed by atoms with Gasteiger partial charge in [0.05, 0.1) is 12.8 Å². The molecule has 1 heterocycles. The van der Waals surface area contributed by atoms with Crippen LogP contribution in [0.3, 0.4) is 0 Å². The molecule has 0 spiro atoms. The van der Waals surface area contributed by atoms with Crippen molar-refractivity contribution in [3.8, 4) is 17.1 Å². The number of hydrazone groups is 1. The Morgan fingerprint density at radius 3 is 2.49 bits per heavy atom. The zero-order valence-corrected chi connectivity index (χ0v) is 19.7. The lowest BCUT2D eigenvalue weighted by molar-refractivity contribution is 0.0955. The van der Waals surface area contributed by atoms with Crippen LogP contribution in [0.1, 0.15) is 35.3 Å². The Morgan fingerprint density at radius 2 is 1.80 bits per heavy atom. The maximum Gasteiger partial charge on any atom is 0.271 e. The quantitative estimate of drug-likeness (QED) is 0.286. The molecule has 1 amide bonds. The molecule has 4 rings (SSSR count). The molecule has 0 saturated carbocycles. The molecule has 9 nitrogen and oxygen atoms in total. The molecule has 4 aromatic rings. The first kappa shape index (κ1) is 23.6. The molecule has 0 aliphatic heterocycles. The summed E-state index contributed by atoms with van der Waals surface area (Å²) >= 11 is 0. The number of phenolic OH excluding ortho intramolecular Hbond substituents is 1. The number of aromatic nitrogens is 4. The molecule has 0 atom stereocenters. The fourth-order valence-corrected chi connectivity index (χ4v) is 3.59. The molecule has 0 radical (unpaired) electrons. The molecule has 2 N–H and O–H groups in total. The van der Waals surface area contributed by atoms with Crippen molar-refractivity contribution in [1.82, 2.24) is 25.6 Å². The number of anilines is 1. The van der Waals surface area contributed by atoms with Crippen LogP contribution in [-0.4, -0.2) is 50.5 Å². The van der Waals surface area contributed by atoms with E-state index in [0.717, 1.165) is 29.9 Å². The summed E-state index contributed by atoms with van der Waals surface area (Å²) in [6.07, 6.45) is 1.42. The molecule has 3 aromatic carbocycles. The number of amides is 1. The second-order valence-electron chi connectivity index (χ2n) is 7.82. The number of nitrogens with zero attached hydrogens (tertiary/aromatic N) is 6. The lowest BCUT2D eigenvalue weighted by Gasteiger charge is -2.21. The van der Waals surface area contributed by atoms with Crippen molar-refractivity contribution in [2.75, 3.05) is 18.0 Å². The molecule has 9 heteroatoms. The highest BCUT2D eigenvalue weighted by Gasteiger charge is 2.09. The number of phenols is 1. The summed E-state index contributed by atoms with van der Waals surface area (Å²) in [7, 11) is 0. The summed E-state index contributed by atoms with van der Waals surface area (Å²) in [4.78, 5) is 16.1. The molecule has 0 aliphatic carbocycles. The molecule has 1 aromatic heterocycles. The lowest BCUT2D eigenvalue weighted by Crippen LogP contribution is -2.21. The van der Waals surface area contributed by atoms with Gasteiger partial charge in [-0.15, -0.1) is 10.2 Å². The monoisotopic (exact) mass is 469 g/mol. The first-order chi connectivity index (χ1) is 17.1. The Hall–Kier alpha value is -4.53. The third-order valence-corrected chi connectivity index (χ3v) is 5.54. The molecule has 0 aliphatic rings. The van der Waals surface area contributed by atoms with E-state index in [0.29, 0.717) is 23.5 Å². The fraction of sp³-hybridized carbons (Fsp3) is 0.192. The zero-order chi connectivity index (χ0) is 24.6. The minimum Gasteiger partial charge on any atom is -0.507 e. The molecule has 35 heavy (non-hydrogen) atoms. The second-order valence-corrected chi connectivity index (χ2v) is 7.82. The standard InChI is InChI=1S/C26H27N7O2/c1-3-32(4-2)23-15-14-22(24(34)16-23)17-27-29-26(35)21-12-10-19(11-13-21)18-33-30-25(28-31-33)20-8-6-5-7-9-20/h5-17,34H,3-4,18H2,1-2H3,(H,29,35)/b27-17+. The van der Waals surface area contributed by atoms with Gasteiger partial charge in [-0.25, -0.2) is 5.43 Å². The van der Waals surface area contributed by atoms with Gasteiger partial charge in [0, 0.05) is 41.5 Å². The van der Waals surface area contributed by atoms with Crippen molar-refractivity contribution in [1.29, 1.82) is 0 Å². The number of rotatable bonds is 9. The van der Waals surface area contributed by atoms with Crippen molar-refractivity contribution in [2.45, 2.75) is 20.4 Å². The molecule has 178 valence electrons. The highest BCUT2D eigenvalue weighted by Crippen LogP contribution is 2.23. The summed E-state index contributed by atoms with van der Waals surface area (Å²) in [6, 6.07) is 22.1. The van der Waals surface area contributed by atoms with Crippen molar-refractivity contribution >= 4 is 17.8 Å². The van der Waals surface area contributed by atoms with Crippen LogP contribution in [0, 0.1) is 0 Å². The van der Waals surface area contributed by atoms with Crippen molar-refractivity contribution < 1.29 is 9.90 Å². The first-order valence-corrected chi connectivity index (χ1v) is 11.4. The largest absolute Gasteiger partial charge is 0.507 e. The van der Waals surface area contributed by atoms with Crippen molar-refractivity contribution in [2.24, 2.45) is 5.10 Å². The Kier molecular flexibility index (Phi) is 7.47.